The van der Waals surface area contributed by atoms with E-state index in [2.05, 4.69) is 14.8 Å². The maximum atomic E-state index is 11.9. The maximum Gasteiger partial charge on any atom is 0.387 e. The monoisotopic (exact) mass is 287 g/mol. The van der Waals surface area contributed by atoms with E-state index in [9.17, 15) is 18.4 Å². The lowest BCUT2D eigenvalue weighted by Crippen LogP contribution is -2.14. The van der Waals surface area contributed by atoms with Gasteiger partial charge in [0.15, 0.2) is 0 Å². The van der Waals surface area contributed by atoms with Crippen molar-refractivity contribution in [2.45, 2.75) is 26.4 Å². The highest BCUT2D eigenvalue weighted by Gasteiger charge is 2.08. The summed E-state index contributed by atoms with van der Waals surface area (Å²) in [6.45, 7) is -0.937. The molecule has 7 heteroatoms. The van der Waals surface area contributed by atoms with E-state index in [1.165, 1.54) is 24.3 Å². The van der Waals surface area contributed by atoms with Gasteiger partial charge in [0.25, 0.3) is 0 Å². The second kappa shape index (κ2) is 8.08. The summed E-state index contributed by atoms with van der Waals surface area (Å²) in [5, 5.41) is 2.53. The Morgan fingerprint density at radius 1 is 1.20 bits per heavy atom. The standard InChI is InChI=1S/C13H15F2NO4/c1-2-19-12(18)8-7-11(17)16-9-3-5-10(6-4-9)20-13(14)15/h3-6,13H,2,7-8H2,1H3,(H,16,17). The van der Waals surface area contributed by atoms with Crippen molar-refractivity contribution in [3.05, 3.63) is 24.3 Å². The zero-order valence-electron chi connectivity index (χ0n) is 10.9. The van der Waals surface area contributed by atoms with Gasteiger partial charge in [0.2, 0.25) is 5.91 Å². The molecule has 20 heavy (non-hydrogen) atoms. The van der Waals surface area contributed by atoms with Gasteiger partial charge in [0.05, 0.1) is 13.0 Å². The first kappa shape index (κ1) is 15.9. The third-order valence-corrected chi connectivity index (χ3v) is 2.22. The van der Waals surface area contributed by atoms with Gasteiger partial charge in [-0.15, -0.1) is 0 Å². The first-order valence-electron chi connectivity index (χ1n) is 6.01. The fraction of sp³-hybridized carbons (Fsp3) is 0.385. The Kier molecular flexibility index (Phi) is 6.42. The molecule has 0 heterocycles. The number of alkyl halides is 2. The second-order valence-corrected chi connectivity index (χ2v) is 3.76. The van der Waals surface area contributed by atoms with Gasteiger partial charge in [0, 0.05) is 12.1 Å². The molecule has 1 rings (SSSR count). The third-order valence-electron chi connectivity index (χ3n) is 2.22. The first-order chi connectivity index (χ1) is 9.51. The summed E-state index contributed by atoms with van der Waals surface area (Å²) in [6, 6.07) is 5.49. The van der Waals surface area contributed by atoms with Crippen LogP contribution in [0.1, 0.15) is 19.8 Å². The van der Waals surface area contributed by atoms with Crippen molar-refractivity contribution in [3.63, 3.8) is 0 Å². The van der Waals surface area contributed by atoms with E-state index in [0.29, 0.717) is 5.69 Å². The first-order valence-corrected chi connectivity index (χ1v) is 6.01. The zero-order valence-corrected chi connectivity index (χ0v) is 10.9. The summed E-state index contributed by atoms with van der Waals surface area (Å²) < 4.78 is 32.7. The number of halogens is 2. The predicted octanol–water partition coefficient (Wildman–Crippen LogP) is 2.57. The molecule has 0 unspecified atom stereocenters. The number of esters is 1. The quantitative estimate of drug-likeness (QED) is 0.783. The Morgan fingerprint density at radius 2 is 1.85 bits per heavy atom. The van der Waals surface area contributed by atoms with Crippen LogP contribution in [0.15, 0.2) is 24.3 Å². The number of carbonyl (C=O) groups is 2. The van der Waals surface area contributed by atoms with Gasteiger partial charge in [-0.1, -0.05) is 0 Å². The van der Waals surface area contributed by atoms with Crippen LogP contribution in [0.3, 0.4) is 0 Å². The SMILES string of the molecule is CCOC(=O)CCC(=O)Nc1ccc(OC(F)F)cc1. The van der Waals surface area contributed by atoms with Gasteiger partial charge in [0.1, 0.15) is 5.75 Å². The van der Waals surface area contributed by atoms with Crippen molar-refractivity contribution >= 4 is 17.6 Å². The number of rotatable bonds is 7. The molecule has 1 aromatic carbocycles. The highest BCUT2D eigenvalue weighted by atomic mass is 19.3. The number of anilines is 1. The molecule has 0 saturated heterocycles. The van der Waals surface area contributed by atoms with Crippen molar-refractivity contribution in [1.82, 2.24) is 0 Å². The van der Waals surface area contributed by atoms with Gasteiger partial charge in [-0.3, -0.25) is 9.59 Å². The summed E-state index contributed by atoms with van der Waals surface area (Å²) >= 11 is 0. The number of nitrogens with one attached hydrogen (secondary N) is 1. The number of ether oxygens (including phenoxy) is 2. The highest BCUT2D eigenvalue weighted by molar-refractivity contribution is 5.92. The summed E-state index contributed by atoms with van der Waals surface area (Å²) in [6.07, 6.45) is -0.0135. The normalized spacial score (nSPS) is 10.2. The van der Waals surface area contributed by atoms with Crippen LogP contribution in [0.2, 0.25) is 0 Å². The average Bonchev–Trinajstić information content (AvgIpc) is 2.38. The van der Waals surface area contributed by atoms with Crippen LogP contribution in [-0.2, 0) is 14.3 Å². The van der Waals surface area contributed by atoms with Crippen molar-refractivity contribution in [2.75, 3.05) is 11.9 Å². The van der Waals surface area contributed by atoms with E-state index in [1.807, 2.05) is 0 Å². The van der Waals surface area contributed by atoms with Crippen molar-refractivity contribution in [3.8, 4) is 5.75 Å². The van der Waals surface area contributed by atoms with Gasteiger partial charge >= 0.3 is 12.6 Å². The van der Waals surface area contributed by atoms with Crippen LogP contribution in [-0.4, -0.2) is 25.1 Å². The Balaban J connectivity index is 2.40. The number of hydrogen-bond acceptors (Lipinski definition) is 4. The largest absolute Gasteiger partial charge is 0.466 e. The van der Waals surface area contributed by atoms with E-state index < -0.39 is 12.6 Å². The molecular formula is C13H15F2NO4. The Hall–Kier alpha value is -2.18. The summed E-state index contributed by atoms with van der Waals surface area (Å²) in [7, 11) is 0. The Labute approximate surface area is 114 Å². The van der Waals surface area contributed by atoms with E-state index >= 15 is 0 Å². The molecule has 1 N–H and O–H groups in total. The molecule has 1 amide bonds. The number of carbonyl (C=O) groups excluding carboxylic acids is 2. The van der Waals surface area contributed by atoms with Crippen LogP contribution >= 0.6 is 0 Å². The predicted molar refractivity (Wildman–Crippen MR) is 67.6 cm³/mol. The van der Waals surface area contributed by atoms with E-state index in [4.69, 9.17) is 0 Å². The minimum absolute atomic E-state index is 0.00419. The molecule has 0 spiro atoms. The molecule has 0 radical (unpaired) electrons. The fourth-order valence-corrected chi connectivity index (χ4v) is 1.39. The van der Waals surface area contributed by atoms with Gasteiger partial charge < -0.3 is 14.8 Å². The van der Waals surface area contributed by atoms with Gasteiger partial charge in [-0.25, -0.2) is 0 Å². The molecule has 5 nitrogen and oxygen atoms in total. The molecule has 0 aliphatic heterocycles. The molecule has 1 aromatic rings. The van der Waals surface area contributed by atoms with Crippen molar-refractivity contribution in [1.29, 1.82) is 0 Å². The minimum atomic E-state index is -2.89. The highest BCUT2D eigenvalue weighted by Crippen LogP contribution is 2.17. The average molecular weight is 287 g/mol. The van der Waals surface area contributed by atoms with Gasteiger partial charge in [-0.05, 0) is 31.2 Å². The van der Waals surface area contributed by atoms with Crippen LogP contribution in [0.25, 0.3) is 0 Å². The number of benzene rings is 1. The van der Waals surface area contributed by atoms with Crippen LogP contribution in [0.4, 0.5) is 14.5 Å². The summed E-state index contributed by atoms with van der Waals surface area (Å²) in [5.74, 6) is -0.798. The Bertz CT molecular complexity index is 448. The van der Waals surface area contributed by atoms with E-state index in [0.717, 1.165) is 0 Å². The van der Waals surface area contributed by atoms with Gasteiger partial charge in [-0.2, -0.15) is 8.78 Å². The lowest BCUT2D eigenvalue weighted by atomic mass is 10.2. The molecule has 110 valence electrons. The third kappa shape index (κ3) is 6.12. The number of hydrogen-bond donors (Lipinski definition) is 1. The van der Waals surface area contributed by atoms with Crippen molar-refractivity contribution < 1.29 is 27.8 Å². The molecule has 0 aliphatic rings. The molecule has 0 bridgehead atoms. The minimum Gasteiger partial charge on any atom is -0.466 e. The van der Waals surface area contributed by atoms with Crippen LogP contribution in [0.5, 0.6) is 5.75 Å². The number of amides is 1. The zero-order chi connectivity index (χ0) is 15.0. The molecule has 0 atom stereocenters. The van der Waals surface area contributed by atoms with Crippen molar-refractivity contribution in [2.24, 2.45) is 0 Å². The molecule has 0 saturated carbocycles. The van der Waals surface area contributed by atoms with Crippen LogP contribution < -0.4 is 10.1 Å². The topological polar surface area (TPSA) is 64.6 Å². The fourth-order valence-electron chi connectivity index (χ4n) is 1.39. The van der Waals surface area contributed by atoms with E-state index in [1.54, 1.807) is 6.92 Å². The second-order valence-electron chi connectivity index (χ2n) is 3.76. The molecule has 0 aromatic heterocycles. The maximum absolute atomic E-state index is 11.9. The molecular weight excluding hydrogens is 272 g/mol. The molecule has 0 fully saturated rings. The summed E-state index contributed by atoms with van der Waals surface area (Å²) in [4.78, 5) is 22.6. The lowest BCUT2D eigenvalue weighted by molar-refractivity contribution is -0.144. The Morgan fingerprint density at radius 3 is 2.40 bits per heavy atom. The van der Waals surface area contributed by atoms with E-state index in [-0.39, 0.29) is 31.1 Å². The molecule has 0 aliphatic carbocycles. The lowest BCUT2D eigenvalue weighted by Gasteiger charge is -2.07. The summed E-state index contributed by atoms with van der Waals surface area (Å²) in [5.41, 5.74) is 0.431. The van der Waals surface area contributed by atoms with Crippen LogP contribution in [0, 0.1) is 0 Å². The smallest absolute Gasteiger partial charge is 0.387 e.